The van der Waals surface area contributed by atoms with Crippen LogP contribution in [0.2, 0.25) is 0 Å². The molecule has 0 radical (unpaired) electrons. The number of hydrogen-bond acceptors (Lipinski definition) is 4. The van der Waals surface area contributed by atoms with E-state index in [1.165, 1.54) is 4.90 Å². The maximum atomic E-state index is 14.4. The van der Waals surface area contributed by atoms with Gasteiger partial charge in [0.2, 0.25) is 11.8 Å². The molecule has 0 aliphatic carbocycles. The Hall–Kier alpha value is -3.95. The van der Waals surface area contributed by atoms with Crippen LogP contribution in [0.3, 0.4) is 0 Å². The second kappa shape index (κ2) is 15.2. The number of aryl methyl sites for hydroxylation is 1. The van der Waals surface area contributed by atoms with Gasteiger partial charge in [0, 0.05) is 24.0 Å². The predicted molar refractivity (Wildman–Crippen MR) is 179 cm³/mol. The highest BCUT2D eigenvalue weighted by atomic mass is 79.9. The third-order valence-electron chi connectivity index (χ3n) is 7.15. The van der Waals surface area contributed by atoms with Crippen LogP contribution in [0.1, 0.15) is 30.5 Å². The van der Waals surface area contributed by atoms with Crippen molar-refractivity contribution in [2.75, 3.05) is 17.4 Å². The Morgan fingerprint density at radius 1 is 0.795 bits per heavy atom. The van der Waals surface area contributed by atoms with Crippen LogP contribution in [0, 0.1) is 12.8 Å². The number of carbonyl (C=O) groups is 2. The van der Waals surface area contributed by atoms with Crippen molar-refractivity contribution in [3.05, 3.63) is 130 Å². The molecular weight excluding hydrogens is 638 g/mol. The second-order valence-electron chi connectivity index (χ2n) is 11.2. The van der Waals surface area contributed by atoms with E-state index in [-0.39, 0.29) is 29.7 Å². The summed E-state index contributed by atoms with van der Waals surface area (Å²) in [5.74, 6) is -0.575. The van der Waals surface area contributed by atoms with Gasteiger partial charge in [-0.3, -0.25) is 13.9 Å². The largest absolute Gasteiger partial charge is 0.354 e. The van der Waals surface area contributed by atoms with E-state index in [2.05, 4.69) is 21.2 Å². The van der Waals surface area contributed by atoms with E-state index in [0.29, 0.717) is 12.2 Å². The predicted octanol–water partition coefficient (Wildman–Crippen LogP) is 6.37. The number of nitrogens with one attached hydrogen (secondary N) is 1. The molecule has 0 fully saturated rings. The maximum absolute atomic E-state index is 14.4. The molecule has 1 unspecified atom stereocenters. The molecule has 4 aromatic carbocycles. The first kappa shape index (κ1) is 33.0. The van der Waals surface area contributed by atoms with E-state index in [1.807, 2.05) is 75.4 Å². The Morgan fingerprint density at radius 3 is 1.98 bits per heavy atom. The smallest absolute Gasteiger partial charge is 0.264 e. The Kier molecular flexibility index (Phi) is 11.4. The summed E-state index contributed by atoms with van der Waals surface area (Å²) in [7, 11) is -4.13. The van der Waals surface area contributed by atoms with Crippen LogP contribution in [-0.4, -0.2) is 44.3 Å². The van der Waals surface area contributed by atoms with E-state index in [1.54, 1.807) is 54.6 Å². The van der Waals surface area contributed by atoms with Gasteiger partial charge < -0.3 is 10.2 Å². The number of nitrogens with zero attached hydrogens (tertiary/aromatic N) is 2. The first-order chi connectivity index (χ1) is 21.0. The monoisotopic (exact) mass is 675 g/mol. The van der Waals surface area contributed by atoms with Crippen molar-refractivity contribution in [3.63, 3.8) is 0 Å². The Balaban J connectivity index is 1.77. The van der Waals surface area contributed by atoms with Gasteiger partial charge in [0.1, 0.15) is 12.6 Å². The van der Waals surface area contributed by atoms with Gasteiger partial charge in [-0.1, -0.05) is 108 Å². The molecule has 1 N–H and O–H groups in total. The molecule has 4 aromatic rings. The van der Waals surface area contributed by atoms with Crippen molar-refractivity contribution in [1.29, 1.82) is 0 Å². The van der Waals surface area contributed by atoms with Crippen LogP contribution in [-0.2, 0) is 32.6 Å². The lowest BCUT2D eigenvalue weighted by atomic mass is 10.0. The SMILES string of the molecule is Cc1ccc(S(=O)(=O)N(CC(=O)N(Cc2ccc(Br)cc2)C(Cc2ccccc2)C(=O)NCC(C)C)c2ccccc2)cc1. The average molecular weight is 677 g/mol. The normalized spacial score (nSPS) is 12.0. The number of para-hydroxylation sites is 1. The third kappa shape index (κ3) is 8.80. The number of anilines is 1. The van der Waals surface area contributed by atoms with Crippen LogP contribution in [0.5, 0.6) is 0 Å². The molecule has 44 heavy (non-hydrogen) atoms. The molecule has 230 valence electrons. The fourth-order valence-electron chi connectivity index (χ4n) is 4.72. The highest BCUT2D eigenvalue weighted by Gasteiger charge is 2.34. The molecule has 9 heteroatoms. The van der Waals surface area contributed by atoms with Gasteiger partial charge in [0.05, 0.1) is 10.6 Å². The van der Waals surface area contributed by atoms with E-state index in [9.17, 15) is 18.0 Å². The topological polar surface area (TPSA) is 86.8 Å². The van der Waals surface area contributed by atoms with Crippen molar-refractivity contribution in [2.24, 2.45) is 5.92 Å². The highest BCUT2D eigenvalue weighted by Crippen LogP contribution is 2.25. The van der Waals surface area contributed by atoms with Gasteiger partial charge in [0.15, 0.2) is 0 Å². The minimum absolute atomic E-state index is 0.0784. The third-order valence-corrected chi connectivity index (χ3v) is 9.47. The Bertz CT molecular complexity index is 1630. The summed E-state index contributed by atoms with van der Waals surface area (Å²) < 4.78 is 30.1. The maximum Gasteiger partial charge on any atom is 0.264 e. The summed E-state index contributed by atoms with van der Waals surface area (Å²) >= 11 is 3.46. The first-order valence-corrected chi connectivity index (χ1v) is 16.8. The van der Waals surface area contributed by atoms with Gasteiger partial charge in [-0.05, 0) is 60.4 Å². The number of halogens is 1. The molecule has 0 aliphatic heterocycles. The fraction of sp³-hybridized carbons (Fsp3) is 0.257. The van der Waals surface area contributed by atoms with E-state index >= 15 is 0 Å². The first-order valence-electron chi connectivity index (χ1n) is 14.5. The lowest BCUT2D eigenvalue weighted by Crippen LogP contribution is -2.53. The van der Waals surface area contributed by atoms with Crippen LogP contribution in [0.4, 0.5) is 5.69 Å². The highest BCUT2D eigenvalue weighted by molar-refractivity contribution is 9.10. The number of carbonyl (C=O) groups excluding carboxylic acids is 2. The average Bonchev–Trinajstić information content (AvgIpc) is 3.02. The van der Waals surface area contributed by atoms with E-state index in [4.69, 9.17) is 0 Å². The van der Waals surface area contributed by atoms with Crippen molar-refractivity contribution in [2.45, 2.75) is 44.7 Å². The van der Waals surface area contributed by atoms with Gasteiger partial charge in [-0.2, -0.15) is 0 Å². The zero-order chi connectivity index (χ0) is 31.7. The van der Waals surface area contributed by atoms with Crippen LogP contribution >= 0.6 is 15.9 Å². The van der Waals surface area contributed by atoms with Crippen LogP contribution in [0.15, 0.2) is 119 Å². The number of amides is 2. The van der Waals surface area contributed by atoms with Crippen molar-refractivity contribution in [3.8, 4) is 0 Å². The standard InChI is InChI=1S/C35H38BrN3O4S/c1-26(2)23-37-35(41)33(22-28-10-6-4-7-11-28)38(24-29-16-18-30(36)19-17-29)34(40)25-39(31-12-8-5-9-13-31)44(42,43)32-20-14-27(3)15-21-32/h4-21,26,33H,22-25H2,1-3H3,(H,37,41). The lowest BCUT2D eigenvalue weighted by Gasteiger charge is -2.34. The lowest BCUT2D eigenvalue weighted by molar-refractivity contribution is -0.140. The van der Waals surface area contributed by atoms with Crippen molar-refractivity contribution in [1.82, 2.24) is 10.2 Å². The number of rotatable bonds is 13. The van der Waals surface area contributed by atoms with Gasteiger partial charge >= 0.3 is 0 Å². The summed E-state index contributed by atoms with van der Waals surface area (Å²) in [5.41, 5.74) is 2.97. The van der Waals surface area contributed by atoms with Gasteiger partial charge in [-0.15, -0.1) is 0 Å². The molecule has 0 aliphatic rings. The Morgan fingerprint density at radius 2 is 1.39 bits per heavy atom. The molecule has 0 saturated heterocycles. The van der Waals surface area contributed by atoms with Gasteiger partial charge in [0.25, 0.3) is 10.0 Å². The van der Waals surface area contributed by atoms with Crippen LogP contribution < -0.4 is 9.62 Å². The summed E-state index contributed by atoms with van der Waals surface area (Å²) in [6.07, 6.45) is 0.267. The molecule has 2 amide bonds. The van der Waals surface area contributed by atoms with Crippen LogP contribution in [0.25, 0.3) is 0 Å². The number of hydrogen-bond donors (Lipinski definition) is 1. The quantitative estimate of drug-likeness (QED) is 0.179. The summed E-state index contributed by atoms with van der Waals surface area (Å²) in [6.45, 7) is 5.97. The zero-order valence-electron chi connectivity index (χ0n) is 25.2. The minimum atomic E-state index is -4.13. The number of sulfonamides is 1. The molecule has 0 bridgehead atoms. The molecular formula is C35H38BrN3O4S. The minimum Gasteiger partial charge on any atom is -0.354 e. The van der Waals surface area contributed by atoms with Crippen molar-refractivity contribution >= 4 is 43.5 Å². The van der Waals surface area contributed by atoms with Gasteiger partial charge in [-0.25, -0.2) is 8.42 Å². The van der Waals surface area contributed by atoms with E-state index < -0.39 is 28.5 Å². The summed E-state index contributed by atoms with van der Waals surface area (Å²) in [6, 6.07) is 31.3. The molecule has 4 rings (SSSR count). The molecule has 0 heterocycles. The second-order valence-corrected chi connectivity index (χ2v) is 13.9. The summed E-state index contributed by atoms with van der Waals surface area (Å²) in [4.78, 5) is 29.8. The fourth-order valence-corrected chi connectivity index (χ4v) is 6.40. The molecule has 7 nitrogen and oxygen atoms in total. The Labute approximate surface area is 269 Å². The van der Waals surface area contributed by atoms with Crippen molar-refractivity contribution < 1.29 is 18.0 Å². The molecule has 0 aromatic heterocycles. The number of benzene rings is 4. The zero-order valence-corrected chi connectivity index (χ0v) is 27.6. The summed E-state index contributed by atoms with van der Waals surface area (Å²) in [5, 5.41) is 3.01. The molecule has 0 spiro atoms. The van der Waals surface area contributed by atoms with E-state index in [0.717, 1.165) is 25.5 Å². The molecule has 0 saturated carbocycles. The molecule has 1 atom stereocenters.